The summed E-state index contributed by atoms with van der Waals surface area (Å²) in [6, 6.07) is 15.3. The summed E-state index contributed by atoms with van der Waals surface area (Å²) in [5.41, 5.74) is 6.61. The molecule has 0 aliphatic rings. The van der Waals surface area contributed by atoms with Crippen LogP contribution in [0.4, 0.5) is 0 Å². The molecule has 0 saturated heterocycles. The number of hydrogen-bond donors (Lipinski definition) is 3. The zero-order valence-corrected chi connectivity index (χ0v) is 12.7. The van der Waals surface area contributed by atoms with Gasteiger partial charge in [-0.25, -0.2) is 13.1 Å². The average molecular weight is 326 g/mol. The fourth-order valence-electron chi connectivity index (χ4n) is 1.69. The van der Waals surface area contributed by atoms with Crippen molar-refractivity contribution in [1.29, 1.82) is 5.41 Å². The molecule has 0 bridgehead atoms. The van der Waals surface area contributed by atoms with Gasteiger partial charge in [-0.05, 0) is 17.7 Å². The van der Waals surface area contributed by atoms with Crippen molar-refractivity contribution in [3.63, 3.8) is 0 Å². The Morgan fingerprint density at radius 1 is 1.10 bits per heavy atom. The fourth-order valence-corrected chi connectivity index (χ4v) is 2.75. The van der Waals surface area contributed by atoms with Crippen LogP contribution in [0.1, 0.15) is 11.1 Å². The van der Waals surface area contributed by atoms with E-state index in [1.54, 1.807) is 12.1 Å². The number of amidine groups is 1. The molecule has 2 rings (SSSR count). The number of hydrogen-bond acceptors (Lipinski definition) is 3. The van der Waals surface area contributed by atoms with Gasteiger partial charge in [0.2, 0.25) is 10.0 Å². The molecule has 7 heteroatoms. The Labute approximate surface area is 130 Å². The van der Waals surface area contributed by atoms with Crippen LogP contribution in [0.2, 0.25) is 0 Å². The van der Waals surface area contributed by atoms with Crippen molar-refractivity contribution in [1.82, 2.24) is 4.72 Å². The second-order valence-corrected chi connectivity index (χ2v) is 6.02. The highest BCUT2D eigenvalue weighted by Crippen LogP contribution is 2.12. The maximum atomic E-state index is 12.2. The Bertz CT molecular complexity index is 718. The van der Waals surface area contributed by atoms with Gasteiger partial charge in [-0.1, -0.05) is 42.5 Å². The minimum Gasteiger partial charge on any atom is -0.384 e. The van der Waals surface area contributed by atoms with Gasteiger partial charge in [0.1, 0.15) is 5.84 Å². The Morgan fingerprint density at radius 3 is 2.38 bits per heavy atom. The van der Waals surface area contributed by atoms with Gasteiger partial charge in [-0.15, -0.1) is 12.4 Å². The SMILES string of the molecule is Cl.N=C(N)c1cccc(S(=O)(=O)NCc2ccccc2)c1. The molecule has 0 radical (unpaired) electrons. The van der Waals surface area contributed by atoms with Crippen molar-refractivity contribution >= 4 is 28.3 Å². The van der Waals surface area contributed by atoms with E-state index in [4.69, 9.17) is 11.1 Å². The molecular formula is C14H16ClN3O2S. The summed E-state index contributed by atoms with van der Waals surface area (Å²) in [5.74, 6) is -0.162. The summed E-state index contributed by atoms with van der Waals surface area (Å²) in [4.78, 5) is 0.0983. The lowest BCUT2D eigenvalue weighted by Crippen LogP contribution is -2.23. The molecule has 0 atom stereocenters. The van der Waals surface area contributed by atoms with Crippen LogP contribution < -0.4 is 10.5 Å². The predicted octanol–water partition coefficient (Wildman–Crippen LogP) is 1.87. The zero-order chi connectivity index (χ0) is 14.6. The van der Waals surface area contributed by atoms with Gasteiger partial charge < -0.3 is 5.73 Å². The predicted molar refractivity (Wildman–Crippen MR) is 85.2 cm³/mol. The minimum atomic E-state index is -3.62. The van der Waals surface area contributed by atoms with E-state index in [1.807, 2.05) is 30.3 Å². The molecular weight excluding hydrogens is 310 g/mol. The highest BCUT2D eigenvalue weighted by molar-refractivity contribution is 7.89. The lowest BCUT2D eigenvalue weighted by molar-refractivity contribution is 0.581. The first-order valence-corrected chi connectivity index (χ1v) is 7.45. The summed E-state index contributed by atoms with van der Waals surface area (Å²) >= 11 is 0. The van der Waals surface area contributed by atoms with Gasteiger partial charge >= 0.3 is 0 Å². The number of nitrogens with two attached hydrogens (primary N) is 1. The molecule has 0 aliphatic carbocycles. The van der Waals surface area contributed by atoms with E-state index >= 15 is 0 Å². The first kappa shape index (κ1) is 17.2. The first-order chi connectivity index (χ1) is 9.49. The van der Waals surface area contributed by atoms with E-state index in [9.17, 15) is 8.42 Å². The normalized spacial score (nSPS) is 10.7. The molecule has 21 heavy (non-hydrogen) atoms. The first-order valence-electron chi connectivity index (χ1n) is 5.97. The summed E-state index contributed by atoms with van der Waals surface area (Å²) < 4.78 is 26.8. The van der Waals surface area contributed by atoms with Crippen molar-refractivity contribution in [3.05, 3.63) is 65.7 Å². The molecule has 2 aromatic carbocycles. The topological polar surface area (TPSA) is 96.0 Å². The van der Waals surface area contributed by atoms with Crippen LogP contribution >= 0.6 is 12.4 Å². The van der Waals surface area contributed by atoms with Gasteiger partial charge in [0.15, 0.2) is 0 Å². The van der Waals surface area contributed by atoms with E-state index in [0.717, 1.165) is 5.56 Å². The van der Waals surface area contributed by atoms with Crippen molar-refractivity contribution in [2.45, 2.75) is 11.4 Å². The van der Waals surface area contributed by atoms with E-state index in [0.29, 0.717) is 5.56 Å². The van der Waals surface area contributed by atoms with Crippen LogP contribution in [0.5, 0.6) is 0 Å². The monoisotopic (exact) mass is 325 g/mol. The Kier molecular flexibility index (Phi) is 5.90. The van der Waals surface area contributed by atoms with Gasteiger partial charge in [0, 0.05) is 12.1 Å². The van der Waals surface area contributed by atoms with E-state index in [-0.39, 0.29) is 29.7 Å². The standard InChI is InChI=1S/C14H15N3O2S.ClH/c15-14(16)12-7-4-8-13(9-12)20(18,19)17-10-11-5-2-1-3-6-11;/h1-9,17H,10H2,(H3,15,16);1H. The summed E-state index contributed by atoms with van der Waals surface area (Å²) in [6.07, 6.45) is 0. The third kappa shape index (κ3) is 4.56. The van der Waals surface area contributed by atoms with Gasteiger partial charge in [0.05, 0.1) is 4.90 Å². The fraction of sp³-hybridized carbons (Fsp3) is 0.0714. The minimum absolute atomic E-state index is 0. The highest BCUT2D eigenvalue weighted by atomic mass is 35.5. The Balaban J connectivity index is 0.00000220. The number of sulfonamides is 1. The molecule has 0 spiro atoms. The van der Waals surface area contributed by atoms with Gasteiger partial charge in [-0.2, -0.15) is 0 Å². The van der Waals surface area contributed by atoms with Gasteiger partial charge in [0.25, 0.3) is 0 Å². The largest absolute Gasteiger partial charge is 0.384 e. The lowest BCUT2D eigenvalue weighted by atomic mass is 10.2. The van der Waals surface area contributed by atoms with Crippen LogP contribution in [0.3, 0.4) is 0 Å². The van der Waals surface area contributed by atoms with Crippen molar-refractivity contribution < 1.29 is 8.42 Å². The molecule has 0 heterocycles. The zero-order valence-electron chi connectivity index (χ0n) is 11.1. The Morgan fingerprint density at radius 2 is 1.76 bits per heavy atom. The van der Waals surface area contributed by atoms with Crippen LogP contribution in [-0.4, -0.2) is 14.3 Å². The summed E-state index contributed by atoms with van der Waals surface area (Å²) in [5, 5.41) is 7.34. The summed E-state index contributed by atoms with van der Waals surface area (Å²) in [7, 11) is -3.62. The van der Waals surface area contributed by atoms with E-state index in [1.165, 1.54) is 12.1 Å². The lowest BCUT2D eigenvalue weighted by Gasteiger charge is -2.08. The van der Waals surface area contributed by atoms with Crippen LogP contribution in [-0.2, 0) is 16.6 Å². The number of rotatable bonds is 5. The average Bonchev–Trinajstić information content (AvgIpc) is 2.46. The maximum absolute atomic E-state index is 12.2. The number of nitrogen functional groups attached to an aromatic ring is 1. The molecule has 0 unspecified atom stereocenters. The molecule has 0 amide bonds. The van der Waals surface area contributed by atoms with E-state index in [2.05, 4.69) is 4.72 Å². The van der Waals surface area contributed by atoms with Crippen LogP contribution in [0.15, 0.2) is 59.5 Å². The van der Waals surface area contributed by atoms with Crippen molar-refractivity contribution in [3.8, 4) is 0 Å². The maximum Gasteiger partial charge on any atom is 0.240 e. The molecule has 2 aromatic rings. The molecule has 0 fully saturated rings. The molecule has 112 valence electrons. The molecule has 4 N–H and O–H groups in total. The molecule has 0 saturated carbocycles. The van der Waals surface area contributed by atoms with E-state index < -0.39 is 10.0 Å². The highest BCUT2D eigenvalue weighted by Gasteiger charge is 2.14. The molecule has 0 aromatic heterocycles. The van der Waals surface area contributed by atoms with Gasteiger partial charge in [-0.3, -0.25) is 5.41 Å². The van der Waals surface area contributed by atoms with Crippen molar-refractivity contribution in [2.75, 3.05) is 0 Å². The molecule has 0 aliphatic heterocycles. The Hall–Kier alpha value is -1.89. The van der Waals surface area contributed by atoms with Crippen LogP contribution in [0.25, 0.3) is 0 Å². The van der Waals surface area contributed by atoms with Crippen LogP contribution in [0, 0.1) is 5.41 Å². The smallest absolute Gasteiger partial charge is 0.240 e. The van der Waals surface area contributed by atoms with Crippen molar-refractivity contribution in [2.24, 2.45) is 5.73 Å². The second kappa shape index (κ2) is 7.21. The second-order valence-electron chi connectivity index (χ2n) is 4.25. The molecule has 5 nitrogen and oxygen atoms in total. The third-order valence-corrected chi connectivity index (χ3v) is 4.16. The number of halogens is 1. The third-order valence-electron chi connectivity index (χ3n) is 2.76. The summed E-state index contributed by atoms with van der Waals surface area (Å²) in [6.45, 7) is 0.216. The number of nitrogens with one attached hydrogen (secondary N) is 2. The number of benzene rings is 2. The quantitative estimate of drug-likeness (QED) is 0.578.